The topological polar surface area (TPSA) is 74.1 Å². The summed E-state index contributed by atoms with van der Waals surface area (Å²) in [4.78, 5) is 29.7. The Morgan fingerprint density at radius 2 is 1.77 bits per heavy atom. The van der Waals surface area contributed by atoms with E-state index in [9.17, 15) is 9.59 Å². The van der Waals surface area contributed by atoms with Crippen molar-refractivity contribution in [1.82, 2.24) is 5.01 Å². The number of aliphatic imine (C=N–C) groups is 1. The third-order valence-electron chi connectivity index (χ3n) is 5.99. The Kier molecular flexibility index (Phi) is 6.70. The minimum absolute atomic E-state index is 0.0412. The van der Waals surface area contributed by atoms with Crippen LogP contribution in [0.15, 0.2) is 89.0 Å². The number of rotatable bonds is 5. The van der Waals surface area contributed by atoms with Crippen molar-refractivity contribution >= 4 is 51.7 Å². The summed E-state index contributed by atoms with van der Waals surface area (Å²) < 4.78 is 0. The lowest BCUT2D eigenvalue weighted by atomic mass is 9.99. The summed E-state index contributed by atoms with van der Waals surface area (Å²) >= 11 is 7.40. The molecular formula is C27H23ClN4O2S. The van der Waals surface area contributed by atoms with Crippen LogP contribution in [0.3, 0.4) is 0 Å². The van der Waals surface area contributed by atoms with Crippen LogP contribution in [-0.4, -0.2) is 33.0 Å². The van der Waals surface area contributed by atoms with Crippen LogP contribution in [0.1, 0.15) is 35.6 Å². The molecule has 5 rings (SSSR count). The number of anilines is 1. The minimum Gasteiger partial charge on any atom is -0.326 e. The lowest BCUT2D eigenvalue weighted by Crippen LogP contribution is -2.25. The van der Waals surface area contributed by atoms with Gasteiger partial charge in [0.1, 0.15) is 5.25 Å². The van der Waals surface area contributed by atoms with Gasteiger partial charge in [0, 0.05) is 23.6 Å². The predicted molar refractivity (Wildman–Crippen MR) is 142 cm³/mol. The van der Waals surface area contributed by atoms with E-state index in [4.69, 9.17) is 16.7 Å². The van der Waals surface area contributed by atoms with Gasteiger partial charge in [0.25, 0.3) is 5.91 Å². The van der Waals surface area contributed by atoms with Crippen molar-refractivity contribution in [3.05, 3.63) is 101 Å². The van der Waals surface area contributed by atoms with Crippen molar-refractivity contribution in [3.8, 4) is 0 Å². The summed E-state index contributed by atoms with van der Waals surface area (Å²) in [5, 5.41) is 10.2. The van der Waals surface area contributed by atoms with Gasteiger partial charge in [-0.3, -0.25) is 9.59 Å². The van der Waals surface area contributed by atoms with Gasteiger partial charge >= 0.3 is 0 Å². The molecule has 3 aromatic rings. The van der Waals surface area contributed by atoms with E-state index >= 15 is 0 Å². The molecule has 2 heterocycles. The van der Waals surface area contributed by atoms with Crippen LogP contribution in [0.25, 0.3) is 0 Å². The molecule has 35 heavy (non-hydrogen) atoms. The maximum atomic E-state index is 12.8. The van der Waals surface area contributed by atoms with Gasteiger partial charge in [0.2, 0.25) is 5.91 Å². The fourth-order valence-corrected chi connectivity index (χ4v) is 5.31. The van der Waals surface area contributed by atoms with Gasteiger partial charge in [-0.25, -0.2) is 5.01 Å². The van der Waals surface area contributed by atoms with E-state index in [0.29, 0.717) is 16.6 Å². The number of para-hydroxylation sites is 1. The van der Waals surface area contributed by atoms with E-state index in [1.165, 1.54) is 11.8 Å². The van der Waals surface area contributed by atoms with Gasteiger partial charge in [-0.1, -0.05) is 84.0 Å². The predicted octanol–water partition coefficient (Wildman–Crippen LogP) is 5.83. The Bertz CT molecular complexity index is 1320. The maximum absolute atomic E-state index is 12.8. The first-order chi connectivity index (χ1) is 17.0. The first kappa shape index (κ1) is 23.3. The number of thioether (sulfide) groups is 1. The number of hydrogen-bond donors (Lipinski definition) is 1. The van der Waals surface area contributed by atoms with Gasteiger partial charge in [-0.05, 0) is 41.8 Å². The third-order valence-corrected chi connectivity index (χ3v) is 7.38. The fraction of sp³-hybridized carbons (Fsp3) is 0.185. The zero-order chi connectivity index (χ0) is 24.4. The van der Waals surface area contributed by atoms with Crippen molar-refractivity contribution in [2.75, 3.05) is 5.32 Å². The van der Waals surface area contributed by atoms with Gasteiger partial charge in [0.15, 0.2) is 5.17 Å². The van der Waals surface area contributed by atoms with Crippen LogP contribution in [0.5, 0.6) is 0 Å². The molecule has 8 heteroatoms. The van der Waals surface area contributed by atoms with Crippen molar-refractivity contribution < 1.29 is 9.59 Å². The highest BCUT2D eigenvalue weighted by molar-refractivity contribution is 8.15. The Hall–Kier alpha value is -3.42. The molecule has 3 aromatic carbocycles. The van der Waals surface area contributed by atoms with Crippen molar-refractivity contribution in [3.63, 3.8) is 0 Å². The van der Waals surface area contributed by atoms with E-state index in [-0.39, 0.29) is 24.3 Å². The molecular weight excluding hydrogens is 480 g/mol. The Morgan fingerprint density at radius 1 is 1.06 bits per heavy atom. The number of carbonyl (C=O) groups is 2. The molecule has 0 bridgehead atoms. The van der Waals surface area contributed by atoms with Crippen LogP contribution in [0, 0.1) is 6.92 Å². The second-order valence-corrected chi connectivity index (χ2v) is 10.0. The molecule has 0 radical (unpaired) electrons. The van der Waals surface area contributed by atoms with E-state index in [1.54, 1.807) is 0 Å². The Morgan fingerprint density at radius 3 is 2.51 bits per heavy atom. The second-order valence-electron chi connectivity index (χ2n) is 8.44. The monoisotopic (exact) mass is 502 g/mol. The van der Waals surface area contributed by atoms with E-state index < -0.39 is 5.25 Å². The van der Waals surface area contributed by atoms with Crippen molar-refractivity contribution in [2.24, 2.45) is 10.1 Å². The van der Waals surface area contributed by atoms with Gasteiger partial charge in [-0.15, -0.1) is 0 Å². The number of halogens is 1. The molecule has 176 valence electrons. The van der Waals surface area contributed by atoms with E-state index in [0.717, 1.165) is 28.1 Å². The van der Waals surface area contributed by atoms with Crippen LogP contribution in [-0.2, 0) is 9.59 Å². The Labute approximate surface area is 213 Å². The SMILES string of the molecule is Cc1ccccc1NC(=O)C[C@H]1SC(N2N=C(c3ccccc3)C[C@@H]2c2ccc(Cl)cc2)=NC1=O. The highest BCUT2D eigenvalue weighted by Gasteiger charge is 2.39. The third kappa shape index (κ3) is 5.16. The quantitative estimate of drug-likeness (QED) is 0.476. The number of amides is 2. The summed E-state index contributed by atoms with van der Waals surface area (Å²) in [6.07, 6.45) is 0.706. The standard InChI is InChI=1S/C27H23ClN4O2S/c1-17-7-5-6-10-21(17)29-25(33)16-24-26(34)30-27(35-24)32-23(19-11-13-20(28)14-12-19)15-22(31-32)18-8-3-2-4-9-18/h2-14,23-24H,15-16H2,1H3,(H,29,33)/t23-,24-/m1/s1. The highest BCUT2D eigenvalue weighted by Crippen LogP contribution is 2.38. The van der Waals surface area contributed by atoms with Crippen molar-refractivity contribution in [1.29, 1.82) is 0 Å². The summed E-state index contributed by atoms with van der Waals surface area (Å²) in [6.45, 7) is 1.93. The summed E-state index contributed by atoms with van der Waals surface area (Å²) in [7, 11) is 0. The van der Waals surface area contributed by atoms with Crippen molar-refractivity contribution in [2.45, 2.75) is 31.1 Å². The number of hydrogen-bond acceptors (Lipinski definition) is 5. The number of benzene rings is 3. The number of aryl methyl sites for hydroxylation is 1. The molecule has 2 atom stereocenters. The molecule has 0 aliphatic carbocycles. The smallest absolute Gasteiger partial charge is 0.262 e. The average molecular weight is 503 g/mol. The maximum Gasteiger partial charge on any atom is 0.262 e. The molecule has 2 aliphatic rings. The molecule has 2 amide bonds. The van der Waals surface area contributed by atoms with Crippen LogP contribution in [0.2, 0.25) is 5.02 Å². The zero-order valence-electron chi connectivity index (χ0n) is 19.0. The Balaban J connectivity index is 1.35. The van der Waals surface area contributed by atoms with Crippen LogP contribution < -0.4 is 5.32 Å². The second kappa shape index (κ2) is 10.1. The molecule has 2 aliphatic heterocycles. The number of carbonyl (C=O) groups excluding carboxylic acids is 2. The first-order valence-corrected chi connectivity index (χ1v) is 12.6. The fourth-order valence-electron chi connectivity index (χ4n) is 4.12. The molecule has 0 aromatic heterocycles. The van der Waals surface area contributed by atoms with Gasteiger partial charge in [0.05, 0.1) is 11.8 Å². The molecule has 0 spiro atoms. The normalized spacial score (nSPS) is 19.5. The average Bonchev–Trinajstić information content (AvgIpc) is 3.46. The summed E-state index contributed by atoms with van der Waals surface area (Å²) in [6, 6.07) is 25.0. The highest BCUT2D eigenvalue weighted by atomic mass is 35.5. The number of amidine groups is 1. The molecule has 0 unspecified atom stereocenters. The molecule has 6 nitrogen and oxygen atoms in total. The minimum atomic E-state index is -0.587. The van der Waals surface area contributed by atoms with Crippen LogP contribution in [0.4, 0.5) is 5.69 Å². The molecule has 1 N–H and O–H groups in total. The number of hydrazone groups is 1. The largest absolute Gasteiger partial charge is 0.326 e. The molecule has 0 fully saturated rings. The first-order valence-electron chi connectivity index (χ1n) is 11.3. The van der Waals surface area contributed by atoms with Gasteiger partial charge in [-0.2, -0.15) is 10.1 Å². The molecule has 0 saturated heterocycles. The summed E-state index contributed by atoms with van der Waals surface area (Å²) in [5.74, 6) is -0.533. The van der Waals surface area contributed by atoms with E-state index in [1.807, 2.05) is 90.8 Å². The zero-order valence-corrected chi connectivity index (χ0v) is 20.6. The lowest BCUT2D eigenvalue weighted by molar-refractivity contribution is -0.121. The van der Waals surface area contributed by atoms with Gasteiger partial charge < -0.3 is 5.32 Å². The molecule has 0 saturated carbocycles. The number of nitrogens with zero attached hydrogens (tertiary/aromatic N) is 3. The lowest BCUT2D eigenvalue weighted by Gasteiger charge is -2.23. The van der Waals surface area contributed by atoms with E-state index in [2.05, 4.69) is 10.3 Å². The number of nitrogens with one attached hydrogen (secondary N) is 1. The summed E-state index contributed by atoms with van der Waals surface area (Å²) in [5.41, 5.74) is 4.68. The van der Waals surface area contributed by atoms with Crippen LogP contribution >= 0.6 is 23.4 Å².